The van der Waals surface area contributed by atoms with Crippen LogP contribution in [0.25, 0.3) is 0 Å². The van der Waals surface area contributed by atoms with Crippen molar-refractivity contribution in [2.24, 2.45) is 0 Å². The molecule has 0 aromatic carbocycles. The number of carbonyl (C=O) groups is 1. The van der Waals surface area contributed by atoms with Crippen LogP contribution in [-0.2, 0) is 14.3 Å². The first-order chi connectivity index (χ1) is 5.20. The van der Waals surface area contributed by atoms with Crippen molar-refractivity contribution in [3.63, 3.8) is 0 Å². The lowest BCUT2D eigenvalue weighted by Crippen LogP contribution is -1.99. The lowest BCUT2D eigenvalue weighted by molar-refractivity contribution is -0.135. The van der Waals surface area contributed by atoms with Crippen LogP contribution in [0.3, 0.4) is 0 Å². The molecular formula is C8H12O3. The average Bonchev–Trinajstić information content (AvgIpc) is 2.04. The van der Waals surface area contributed by atoms with E-state index in [9.17, 15) is 4.79 Å². The molecule has 0 rings (SSSR count). The standard InChI is InChI=1S/C8H12O3/c1-4-7(2)11-6-5-8(9)10-3/h4-7H,1H2,2-3H3/b6-5+/t7-/m1/s1. The number of hydrogen-bond acceptors (Lipinski definition) is 3. The molecule has 0 aliphatic carbocycles. The second kappa shape index (κ2) is 5.53. The summed E-state index contributed by atoms with van der Waals surface area (Å²) in [6.07, 6.45) is 4.04. The van der Waals surface area contributed by atoms with Gasteiger partial charge in [0, 0.05) is 0 Å². The molecule has 0 aliphatic heterocycles. The number of rotatable bonds is 4. The molecule has 0 aromatic rings. The van der Waals surface area contributed by atoms with E-state index in [0.717, 1.165) is 0 Å². The van der Waals surface area contributed by atoms with Crippen molar-refractivity contribution >= 4 is 5.97 Å². The molecule has 0 bridgehead atoms. The molecule has 0 N–H and O–H groups in total. The van der Waals surface area contributed by atoms with Crippen molar-refractivity contribution < 1.29 is 14.3 Å². The number of carbonyl (C=O) groups excluding carboxylic acids is 1. The highest BCUT2D eigenvalue weighted by atomic mass is 16.5. The summed E-state index contributed by atoms with van der Waals surface area (Å²) >= 11 is 0. The maximum absolute atomic E-state index is 10.5. The molecule has 0 fully saturated rings. The van der Waals surface area contributed by atoms with Gasteiger partial charge in [0.05, 0.1) is 19.4 Å². The van der Waals surface area contributed by atoms with E-state index in [1.807, 2.05) is 6.92 Å². The first kappa shape index (κ1) is 9.75. The molecule has 62 valence electrons. The average molecular weight is 156 g/mol. The molecule has 0 saturated carbocycles. The van der Waals surface area contributed by atoms with E-state index in [1.165, 1.54) is 19.4 Å². The summed E-state index contributed by atoms with van der Waals surface area (Å²) in [7, 11) is 1.31. The Kier molecular flexibility index (Phi) is 4.90. The van der Waals surface area contributed by atoms with Crippen LogP contribution in [0.2, 0.25) is 0 Å². The van der Waals surface area contributed by atoms with E-state index in [1.54, 1.807) is 6.08 Å². The Morgan fingerprint density at radius 3 is 2.73 bits per heavy atom. The molecule has 0 aliphatic rings. The van der Waals surface area contributed by atoms with Gasteiger partial charge in [-0.2, -0.15) is 0 Å². The van der Waals surface area contributed by atoms with Crippen LogP contribution in [-0.4, -0.2) is 19.2 Å². The van der Waals surface area contributed by atoms with Crippen molar-refractivity contribution in [1.29, 1.82) is 0 Å². The third kappa shape index (κ3) is 5.21. The van der Waals surface area contributed by atoms with E-state index >= 15 is 0 Å². The Bertz CT molecular complexity index is 161. The molecule has 0 spiro atoms. The summed E-state index contributed by atoms with van der Waals surface area (Å²) < 4.78 is 9.30. The molecule has 0 aromatic heterocycles. The van der Waals surface area contributed by atoms with Gasteiger partial charge in [0.1, 0.15) is 6.10 Å². The van der Waals surface area contributed by atoms with Crippen molar-refractivity contribution in [2.45, 2.75) is 13.0 Å². The molecule has 0 heterocycles. The normalized spacial score (nSPS) is 12.5. The molecule has 0 radical (unpaired) electrons. The molecule has 0 saturated heterocycles. The fourth-order valence-electron chi connectivity index (χ4n) is 0.342. The van der Waals surface area contributed by atoms with Crippen LogP contribution in [0.5, 0.6) is 0 Å². The zero-order valence-electron chi connectivity index (χ0n) is 6.74. The molecule has 3 nitrogen and oxygen atoms in total. The Hall–Kier alpha value is -1.25. The SMILES string of the molecule is C=C[C@@H](C)O/C=C/C(=O)OC. The quantitative estimate of drug-likeness (QED) is 0.266. The largest absolute Gasteiger partial charge is 0.494 e. The van der Waals surface area contributed by atoms with E-state index in [0.29, 0.717) is 0 Å². The van der Waals surface area contributed by atoms with Gasteiger partial charge < -0.3 is 9.47 Å². The summed E-state index contributed by atoms with van der Waals surface area (Å²) in [5.74, 6) is -0.429. The summed E-state index contributed by atoms with van der Waals surface area (Å²) in [6.45, 7) is 5.32. The third-order valence-corrected chi connectivity index (χ3v) is 1.03. The molecular weight excluding hydrogens is 144 g/mol. The van der Waals surface area contributed by atoms with Gasteiger partial charge in [-0.05, 0) is 6.92 Å². The zero-order chi connectivity index (χ0) is 8.69. The van der Waals surface area contributed by atoms with Gasteiger partial charge in [0.2, 0.25) is 0 Å². The lowest BCUT2D eigenvalue weighted by atomic mass is 10.4. The minimum Gasteiger partial charge on any atom is -0.494 e. The van der Waals surface area contributed by atoms with E-state index in [4.69, 9.17) is 4.74 Å². The van der Waals surface area contributed by atoms with E-state index in [-0.39, 0.29) is 6.10 Å². The summed E-state index contributed by atoms with van der Waals surface area (Å²) in [6, 6.07) is 0. The van der Waals surface area contributed by atoms with Crippen molar-refractivity contribution in [3.8, 4) is 0 Å². The van der Waals surface area contributed by atoms with E-state index < -0.39 is 5.97 Å². The fourth-order valence-corrected chi connectivity index (χ4v) is 0.342. The highest BCUT2D eigenvalue weighted by Gasteiger charge is 1.92. The maximum atomic E-state index is 10.5. The second-order valence-corrected chi connectivity index (χ2v) is 1.90. The smallest absolute Gasteiger partial charge is 0.333 e. The Labute approximate surface area is 66.3 Å². The Morgan fingerprint density at radius 1 is 1.64 bits per heavy atom. The molecule has 11 heavy (non-hydrogen) atoms. The van der Waals surface area contributed by atoms with Gasteiger partial charge in [-0.25, -0.2) is 4.79 Å². The van der Waals surface area contributed by atoms with Gasteiger partial charge in [0.15, 0.2) is 0 Å². The van der Waals surface area contributed by atoms with Crippen LogP contribution < -0.4 is 0 Å². The van der Waals surface area contributed by atoms with E-state index in [2.05, 4.69) is 11.3 Å². The van der Waals surface area contributed by atoms with Crippen molar-refractivity contribution in [2.75, 3.05) is 7.11 Å². The number of hydrogen-bond donors (Lipinski definition) is 0. The van der Waals surface area contributed by atoms with Gasteiger partial charge >= 0.3 is 5.97 Å². The molecule has 0 amide bonds. The number of esters is 1. The van der Waals surface area contributed by atoms with Gasteiger partial charge in [-0.1, -0.05) is 12.7 Å². The second-order valence-electron chi connectivity index (χ2n) is 1.90. The van der Waals surface area contributed by atoms with Crippen molar-refractivity contribution in [3.05, 3.63) is 25.0 Å². The van der Waals surface area contributed by atoms with Gasteiger partial charge in [0.25, 0.3) is 0 Å². The first-order valence-electron chi connectivity index (χ1n) is 3.23. The zero-order valence-corrected chi connectivity index (χ0v) is 6.74. The summed E-state index contributed by atoms with van der Waals surface area (Å²) in [5, 5.41) is 0. The maximum Gasteiger partial charge on any atom is 0.333 e. The molecule has 1 atom stereocenters. The first-order valence-corrected chi connectivity index (χ1v) is 3.23. The fraction of sp³-hybridized carbons (Fsp3) is 0.375. The highest BCUT2D eigenvalue weighted by molar-refractivity contribution is 5.81. The third-order valence-electron chi connectivity index (χ3n) is 1.03. The van der Waals surface area contributed by atoms with Gasteiger partial charge in [-0.15, -0.1) is 0 Å². The van der Waals surface area contributed by atoms with Crippen LogP contribution in [0.4, 0.5) is 0 Å². The summed E-state index contributed by atoms with van der Waals surface area (Å²) in [5.41, 5.74) is 0. The molecule has 3 heteroatoms. The highest BCUT2D eigenvalue weighted by Crippen LogP contribution is 1.91. The minimum absolute atomic E-state index is 0.0871. The van der Waals surface area contributed by atoms with Gasteiger partial charge in [-0.3, -0.25) is 0 Å². The van der Waals surface area contributed by atoms with Crippen molar-refractivity contribution in [1.82, 2.24) is 0 Å². The van der Waals surface area contributed by atoms with Crippen LogP contribution in [0.15, 0.2) is 25.0 Å². The monoisotopic (exact) mass is 156 g/mol. The predicted octanol–water partition coefficient (Wildman–Crippen LogP) is 1.26. The number of methoxy groups -OCH3 is 1. The Balaban J connectivity index is 3.59. The predicted molar refractivity (Wildman–Crippen MR) is 41.9 cm³/mol. The van der Waals surface area contributed by atoms with Crippen LogP contribution in [0.1, 0.15) is 6.92 Å². The topological polar surface area (TPSA) is 35.5 Å². The van der Waals surface area contributed by atoms with Crippen LogP contribution in [0, 0.1) is 0 Å². The van der Waals surface area contributed by atoms with Crippen LogP contribution >= 0.6 is 0 Å². The summed E-state index contributed by atoms with van der Waals surface area (Å²) in [4.78, 5) is 10.5. The Morgan fingerprint density at radius 2 is 2.27 bits per heavy atom. The minimum atomic E-state index is -0.429. The lowest BCUT2D eigenvalue weighted by Gasteiger charge is -2.03. The molecule has 0 unspecified atom stereocenters. The number of ether oxygens (including phenoxy) is 2.